The van der Waals surface area contributed by atoms with Crippen LogP contribution in [0.5, 0.6) is 0 Å². The Bertz CT molecular complexity index is 584. The van der Waals surface area contributed by atoms with Crippen molar-refractivity contribution in [3.63, 3.8) is 0 Å². The van der Waals surface area contributed by atoms with Crippen LogP contribution in [-0.2, 0) is 17.6 Å². The van der Waals surface area contributed by atoms with Gasteiger partial charge in [0, 0.05) is 6.54 Å². The summed E-state index contributed by atoms with van der Waals surface area (Å²) in [5.41, 5.74) is 3.84. The number of amides is 1. The molecule has 1 N–H and O–H groups in total. The van der Waals surface area contributed by atoms with Crippen molar-refractivity contribution in [2.45, 2.75) is 58.7 Å². The minimum atomic E-state index is -4.36. The molecule has 1 aliphatic heterocycles. The van der Waals surface area contributed by atoms with Crippen LogP contribution < -0.4 is 5.43 Å². The summed E-state index contributed by atoms with van der Waals surface area (Å²) in [6.07, 6.45) is -2.46. The first-order chi connectivity index (χ1) is 11.1. The number of nitrogens with zero attached hydrogens (tertiary/aromatic N) is 1. The molecule has 1 aromatic carbocycles. The van der Waals surface area contributed by atoms with E-state index in [1.165, 1.54) is 5.56 Å². The van der Waals surface area contributed by atoms with Gasteiger partial charge in [0.2, 0.25) is 5.91 Å². The molecule has 0 bridgehead atoms. The minimum absolute atomic E-state index is 0.0315. The third kappa shape index (κ3) is 4.50. The number of halogens is 3. The van der Waals surface area contributed by atoms with Crippen molar-refractivity contribution in [2.24, 2.45) is 5.41 Å². The Hall–Kier alpha value is -1.56. The summed E-state index contributed by atoms with van der Waals surface area (Å²) in [7, 11) is 0. The minimum Gasteiger partial charge on any atom is -0.288 e. The van der Waals surface area contributed by atoms with Gasteiger partial charge in [0.05, 0.1) is 5.41 Å². The first-order valence-corrected chi connectivity index (χ1v) is 8.36. The van der Waals surface area contributed by atoms with Crippen molar-refractivity contribution >= 4 is 5.91 Å². The average Bonchev–Trinajstić information content (AvgIpc) is 2.75. The summed E-state index contributed by atoms with van der Waals surface area (Å²) in [6.45, 7) is 5.44. The van der Waals surface area contributed by atoms with Crippen molar-refractivity contribution in [1.82, 2.24) is 10.4 Å². The number of hydrogen-bond donors (Lipinski definition) is 1. The molecule has 1 aliphatic rings. The number of alkyl halides is 3. The number of benzene rings is 1. The Morgan fingerprint density at radius 2 is 1.96 bits per heavy atom. The van der Waals surface area contributed by atoms with Crippen LogP contribution in [0.3, 0.4) is 0 Å². The van der Waals surface area contributed by atoms with E-state index < -0.39 is 17.6 Å². The standard InChI is InChI=1S/C18H25F3N2O/c1-4-13-7-5-8-14(11-13)9-6-10-15(18(19,20)21)23-12-17(2,3)16(24)22-23/h5,7-8,11,15H,4,6,9-10,12H2,1-3H3,(H,22,24). The van der Waals surface area contributed by atoms with E-state index in [0.29, 0.717) is 12.8 Å². The molecule has 134 valence electrons. The van der Waals surface area contributed by atoms with Crippen molar-refractivity contribution in [2.75, 3.05) is 6.54 Å². The summed E-state index contributed by atoms with van der Waals surface area (Å²) < 4.78 is 40.2. The quantitative estimate of drug-likeness (QED) is 0.851. The number of hydrazine groups is 1. The number of carbonyl (C=O) groups excluding carboxylic acids is 1. The number of nitrogens with one attached hydrogen (secondary N) is 1. The van der Waals surface area contributed by atoms with Gasteiger partial charge in [0.15, 0.2) is 0 Å². The summed E-state index contributed by atoms with van der Waals surface area (Å²) in [5.74, 6) is -0.354. The van der Waals surface area contributed by atoms with Crippen molar-refractivity contribution in [1.29, 1.82) is 0 Å². The molecule has 1 amide bonds. The largest absolute Gasteiger partial charge is 0.405 e. The van der Waals surface area contributed by atoms with Crippen molar-refractivity contribution < 1.29 is 18.0 Å². The molecule has 1 aromatic rings. The molecule has 6 heteroatoms. The Morgan fingerprint density at radius 1 is 1.29 bits per heavy atom. The van der Waals surface area contributed by atoms with E-state index >= 15 is 0 Å². The van der Waals surface area contributed by atoms with E-state index in [4.69, 9.17) is 0 Å². The summed E-state index contributed by atoms with van der Waals surface area (Å²) in [4.78, 5) is 11.8. The molecule has 1 saturated heterocycles. The molecule has 0 saturated carbocycles. The van der Waals surface area contributed by atoms with Gasteiger partial charge in [-0.3, -0.25) is 10.2 Å². The van der Waals surface area contributed by atoms with Gasteiger partial charge in [-0.2, -0.15) is 13.2 Å². The van der Waals surface area contributed by atoms with E-state index in [2.05, 4.69) is 12.3 Å². The number of aryl methyl sites for hydroxylation is 2. The topological polar surface area (TPSA) is 32.3 Å². The monoisotopic (exact) mass is 342 g/mol. The SMILES string of the molecule is CCc1cccc(CCCC(N2CC(C)(C)C(=O)N2)C(F)(F)F)c1. The van der Waals surface area contributed by atoms with Gasteiger partial charge in [-0.05, 0) is 50.7 Å². The van der Waals surface area contributed by atoms with E-state index in [9.17, 15) is 18.0 Å². The molecule has 1 fully saturated rings. The van der Waals surface area contributed by atoms with E-state index in [1.54, 1.807) is 13.8 Å². The van der Waals surface area contributed by atoms with Crippen LogP contribution in [0.4, 0.5) is 13.2 Å². The first kappa shape index (κ1) is 18.8. The van der Waals surface area contributed by atoms with Crippen molar-refractivity contribution in [3.8, 4) is 0 Å². The lowest BCUT2D eigenvalue weighted by Crippen LogP contribution is -2.50. The zero-order valence-electron chi connectivity index (χ0n) is 14.4. The molecule has 3 nitrogen and oxygen atoms in total. The Morgan fingerprint density at radius 3 is 2.50 bits per heavy atom. The highest BCUT2D eigenvalue weighted by molar-refractivity contribution is 5.83. The average molecular weight is 342 g/mol. The fourth-order valence-corrected chi connectivity index (χ4v) is 3.01. The van der Waals surface area contributed by atoms with Crippen LogP contribution in [0, 0.1) is 5.41 Å². The van der Waals surface area contributed by atoms with Crippen molar-refractivity contribution in [3.05, 3.63) is 35.4 Å². The molecular formula is C18H25F3N2O. The van der Waals surface area contributed by atoms with Gasteiger partial charge < -0.3 is 0 Å². The Kier molecular flexibility index (Phi) is 5.58. The smallest absolute Gasteiger partial charge is 0.288 e. The van der Waals surface area contributed by atoms with Crippen LogP contribution >= 0.6 is 0 Å². The summed E-state index contributed by atoms with van der Waals surface area (Å²) >= 11 is 0. The third-order valence-corrected chi connectivity index (χ3v) is 4.52. The highest BCUT2D eigenvalue weighted by atomic mass is 19.4. The predicted octanol–water partition coefficient (Wildman–Crippen LogP) is 3.88. The molecule has 1 unspecified atom stereocenters. The molecular weight excluding hydrogens is 317 g/mol. The first-order valence-electron chi connectivity index (χ1n) is 8.36. The molecule has 1 atom stereocenters. The lowest BCUT2D eigenvalue weighted by molar-refractivity contribution is -0.190. The highest BCUT2D eigenvalue weighted by Crippen LogP contribution is 2.33. The number of rotatable bonds is 6. The predicted molar refractivity (Wildman–Crippen MR) is 87.2 cm³/mol. The van der Waals surface area contributed by atoms with Gasteiger partial charge in [0.25, 0.3) is 0 Å². The fraction of sp³-hybridized carbons (Fsp3) is 0.611. The molecule has 1 heterocycles. The second kappa shape index (κ2) is 7.13. The maximum absolute atomic E-state index is 13.4. The molecule has 0 aromatic heterocycles. The lowest BCUT2D eigenvalue weighted by Gasteiger charge is -2.29. The number of hydrogen-bond acceptors (Lipinski definition) is 2. The maximum Gasteiger partial charge on any atom is 0.405 e. The maximum atomic E-state index is 13.4. The van der Waals surface area contributed by atoms with Crippen LogP contribution in [0.2, 0.25) is 0 Å². The lowest BCUT2D eigenvalue weighted by atomic mass is 9.94. The van der Waals surface area contributed by atoms with Crippen LogP contribution in [0.15, 0.2) is 24.3 Å². The second-order valence-corrected chi connectivity index (χ2v) is 7.08. The van der Waals surface area contributed by atoms with E-state index in [-0.39, 0.29) is 18.9 Å². The second-order valence-electron chi connectivity index (χ2n) is 7.08. The normalized spacial score (nSPS) is 19.3. The van der Waals surface area contributed by atoms with Crippen LogP contribution in [-0.4, -0.2) is 29.7 Å². The molecule has 0 spiro atoms. The third-order valence-electron chi connectivity index (χ3n) is 4.52. The fourth-order valence-electron chi connectivity index (χ4n) is 3.01. The Balaban J connectivity index is 1.99. The van der Waals surface area contributed by atoms with E-state index in [1.807, 2.05) is 24.3 Å². The summed E-state index contributed by atoms with van der Waals surface area (Å²) in [6, 6.07) is 6.31. The van der Waals surface area contributed by atoms with Gasteiger partial charge in [-0.15, -0.1) is 0 Å². The van der Waals surface area contributed by atoms with Gasteiger partial charge >= 0.3 is 6.18 Å². The van der Waals surface area contributed by atoms with Gasteiger partial charge in [-0.1, -0.05) is 31.2 Å². The molecule has 0 radical (unpaired) electrons. The highest BCUT2D eigenvalue weighted by Gasteiger charge is 2.49. The molecule has 2 rings (SSSR count). The molecule has 0 aliphatic carbocycles. The molecule has 24 heavy (non-hydrogen) atoms. The zero-order chi connectivity index (χ0) is 18.0. The van der Waals surface area contributed by atoms with Crippen LogP contribution in [0.25, 0.3) is 0 Å². The number of carbonyl (C=O) groups is 1. The van der Waals surface area contributed by atoms with Crippen LogP contribution in [0.1, 0.15) is 44.7 Å². The van der Waals surface area contributed by atoms with Gasteiger partial charge in [0.1, 0.15) is 6.04 Å². The Labute approximate surface area is 141 Å². The zero-order valence-corrected chi connectivity index (χ0v) is 14.4. The summed E-state index contributed by atoms with van der Waals surface area (Å²) in [5, 5.41) is 1.06. The van der Waals surface area contributed by atoms with E-state index in [0.717, 1.165) is 17.0 Å². The van der Waals surface area contributed by atoms with Gasteiger partial charge in [-0.25, -0.2) is 5.01 Å².